The fraction of sp³-hybridized carbons (Fsp3) is 0.625. The molecule has 1 aliphatic rings. The van der Waals surface area contributed by atoms with Crippen molar-refractivity contribution in [2.24, 2.45) is 5.92 Å². The molecule has 0 aromatic carbocycles. The van der Waals surface area contributed by atoms with Gasteiger partial charge in [-0.25, -0.2) is 4.98 Å². The molecule has 1 aliphatic heterocycles. The minimum Gasteiger partial charge on any atom is -0.363 e. The van der Waals surface area contributed by atoms with Crippen LogP contribution in [0, 0.1) is 5.92 Å². The Morgan fingerprint density at radius 3 is 2.76 bits per heavy atom. The van der Waals surface area contributed by atoms with Crippen LogP contribution in [-0.4, -0.2) is 55.6 Å². The van der Waals surface area contributed by atoms with Crippen LogP contribution < -0.4 is 10.2 Å². The number of carbonyl (C=O) groups is 1. The molecule has 116 valence electrons. The SMILES string of the molecule is CC(C)N1CCC(CNC(=O)c2ccc(N(C)C)nc2)C1. The maximum atomic E-state index is 12.1. The molecule has 0 saturated carbocycles. The number of anilines is 1. The van der Waals surface area contributed by atoms with E-state index in [1.807, 2.05) is 31.1 Å². The highest BCUT2D eigenvalue weighted by Gasteiger charge is 2.24. The second kappa shape index (κ2) is 6.89. The van der Waals surface area contributed by atoms with Crippen LogP contribution in [0.3, 0.4) is 0 Å². The maximum Gasteiger partial charge on any atom is 0.252 e. The number of amides is 1. The number of hydrogen-bond donors (Lipinski definition) is 1. The fourth-order valence-electron chi connectivity index (χ4n) is 2.62. The molecule has 1 unspecified atom stereocenters. The minimum atomic E-state index is -0.0317. The van der Waals surface area contributed by atoms with Crippen LogP contribution in [0.25, 0.3) is 0 Å². The molecule has 1 aromatic rings. The summed E-state index contributed by atoms with van der Waals surface area (Å²) >= 11 is 0. The van der Waals surface area contributed by atoms with Crippen molar-refractivity contribution in [3.63, 3.8) is 0 Å². The molecule has 2 rings (SSSR count). The Bertz CT molecular complexity index is 470. The summed E-state index contributed by atoms with van der Waals surface area (Å²) in [6, 6.07) is 4.28. The first-order valence-electron chi connectivity index (χ1n) is 7.63. The van der Waals surface area contributed by atoms with Gasteiger partial charge in [-0.15, -0.1) is 0 Å². The average molecular weight is 290 g/mol. The van der Waals surface area contributed by atoms with Crippen LogP contribution >= 0.6 is 0 Å². The van der Waals surface area contributed by atoms with Crippen LogP contribution in [0.15, 0.2) is 18.3 Å². The third-order valence-electron chi connectivity index (χ3n) is 4.07. The number of hydrogen-bond acceptors (Lipinski definition) is 4. The van der Waals surface area contributed by atoms with E-state index in [4.69, 9.17) is 0 Å². The van der Waals surface area contributed by atoms with E-state index in [2.05, 4.69) is 29.0 Å². The normalized spacial score (nSPS) is 19.0. The molecule has 5 nitrogen and oxygen atoms in total. The summed E-state index contributed by atoms with van der Waals surface area (Å²) in [6.45, 7) is 7.41. The molecule has 1 saturated heterocycles. The first kappa shape index (κ1) is 15.8. The number of rotatable bonds is 5. The molecule has 0 spiro atoms. The summed E-state index contributed by atoms with van der Waals surface area (Å²) < 4.78 is 0. The van der Waals surface area contributed by atoms with Gasteiger partial charge in [-0.3, -0.25) is 4.79 Å². The van der Waals surface area contributed by atoms with E-state index in [1.165, 1.54) is 0 Å². The third-order valence-corrected chi connectivity index (χ3v) is 4.07. The lowest BCUT2D eigenvalue weighted by molar-refractivity contribution is 0.0947. The van der Waals surface area contributed by atoms with Crippen molar-refractivity contribution in [1.29, 1.82) is 0 Å². The van der Waals surface area contributed by atoms with Gasteiger partial charge in [0, 0.05) is 39.4 Å². The number of nitrogens with zero attached hydrogens (tertiary/aromatic N) is 3. The van der Waals surface area contributed by atoms with Crippen LogP contribution in [0.1, 0.15) is 30.6 Å². The van der Waals surface area contributed by atoms with E-state index in [9.17, 15) is 4.79 Å². The molecule has 21 heavy (non-hydrogen) atoms. The molecule has 0 radical (unpaired) electrons. The number of pyridine rings is 1. The highest BCUT2D eigenvalue weighted by Crippen LogP contribution is 2.17. The first-order chi connectivity index (χ1) is 9.97. The van der Waals surface area contributed by atoms with E-state index in [0.717, 1.165) is 31.9 Å². The van der Waals surface area contributed by atoms with Gasteiger partial charge in [0.15, 0.2) is 0 Å². The number of aromatic nitrogens is 1. The number of nitrogens with one attached hydrogen (secondary N) is 1. The second-order valence-corrected chi connectivity index (χ2v) is 6.25. The standard InChI is InChI=1S/C16H26N4O/c1-12(2)20-8-7-13(11-20)9-18-16(21)14-5-6-15(17-10-14)19(3)4/h5-6,10,12-13H,7-9,11H2,1-4H3,(H,18,21). The van der Waals surface area contributed by atoms with Crippen molar-refractivity contribution >= 4 is 11.7 Å². The van der Waals surface area contributed by atoms with E-state index < -0.39 is 0 Å². The summed E-state index contributed by atoms with van der Waals surface area (Å²) in [5.41, 5.74) is 0.624. The van der Waals surface area contributed by atoms with Crippen LogP contribution in [0.4, 0.5) is 5.82 Å². The maximum absolute atomic E-state index is 12.1. The Balaban J connectivity index is 1.82. The summed E-state index contributed by atoms with van der Waals surface area (Å²) in [5, 5.41) is 3.03. The Labute approximate surface area is 127 Å². The molecule has 0 bridgehead atoms. The summed E-state index contributed by atoms with van der Waals surface area (Å²) in [5.74, 6) is 1.39. The highest BCUT2D eigenvalue weighted by atomic mass is 16.1. The molecule has 1 amide bonds. The lowest BCUT2D eigenvalue weighted by atomic mass is 10.1. The summed E-state index contributed by atoms with van der Waals surface area (Å²) in [6.07, 6.45) is 2.80. The van der Waals surface area contributed by atoms with Crippen molar-refractivity contribution in [2.45, 2.75) is 26.3 Å². The number of carbonyl (C=O) groups excluding carboxylic acids is 1. The highest BCUT2D eigenvalue weighted by molar-refractivity contribution is 5.94. The zero-order valence-corrected chi connectivity index (χ0v) is 13.5. The van der Waals surface area contributed by atoms with E-state index >= 15 is 0 Å². The molecule has 1 aromatic heterocycles. The predicted octanol–water partition coefficient (Wildman–Crippen LogP) is 1.61. The van der Waals surface area contributed by atoms with Crippen molar-refractivity contribution in [2.75, 3.05) is 38.6 Å². The molecule has 1 N–H and O–H groups in total. The molecule has 5 heteroatoms. The lowest BCUT2D eigenvalue weighted by Gasteiger charge is -2.20. The van der Waals surface area contributed by atoms with Crippen molar-refractivity contribution < 1.29 is 4.79 Å². The topological polar surface area (TPSA) is 48.5 Å². The zero-order chi connectivity index (χ0) is 15.4. The molecule has 2 heterocycles. The fourth-order valence-corrected chi connectivity index (χ4v) is 2.62. The van der Waals surface area contributed by atoms with Gasteiger partial charge in [0.05, 0.1) is 5.56 Å². The molecule has 1 atom stereocenters. The molecular weight excluding hydrogens is 264 g/mol. The lowest BCUT2D eigenvalue weighted by Crippen LogP contribution is -2.33. The van der Waals surface area contributed by atoms with Gasteiger partial charge in [0.1, 0.15) is 5.82 Å². The molecule has 0 aliphatic carbocycles. The van der Waals surface area contributed by atoms with Crippen molar-refractivity contribution in [3.05, 3.63) is 23.9 Å². The van der Waals surface area contributed by atoms with Crippen LogP contribution in [0.2, 0.25) is 0 Å². The van der Waals surface area contributed by atoms with Gasteiger partial charge in [-0.05, 0) is 44.9 Å². The number of likely N-dealkylation sites (tertiary alicyclic amines) is 1. The van der Waals surface area contributed by atoms with Gasteiger partial charge in [0.2, 0.25) is 0 Å². The van der Waals surface area contributed by atoms with Gasteiger partial charge in [-0.1, -0.05) is 0 Å². The van der Waals surface area contributed by atoms with Gasteiger partial charge < -0.3 is 15.1 Å². The van der Waals surface area contributed by atoms with E-state index in [-0.39, 0.29) is 5.91 Å². The smallest absolute Gasteiger partial charge is 0.252 e. The van der Waals surface area contributed by atoms with Gasteiger partial charge >= 0.3 is 0 Å². The third kappa shape index (κ3) is 4.17. The van der Waals surface area contributed by atoms with Gasteiger partial charge in [0.25, 0.3) is 5.91 Å². The van der Waals surface area contributed by atoms with Crippen LogP contribution in [-0.2, 0) is 0 Å². The Morgan fingerprint density at radius 1 is 1.48 bits per heavy atom. The largest absolute Gasteiger partial charge is 0.363 e. The zero-order valence-electron chi connectivity index (χ0n) is 13.5. The van der Waals surface area contributed by atoms with E-state index in [0.29, 0.717) is 17.5 Å². The summed E-state index contributed by atoms with van der Waals surface area (Å²) in [7, 11) is 3.87. The quantitative estimate of drug-likeness (QED) is 0.895. The molecular formula is C16H26N4O. The second-order valence-electron chi connectivity index (χ2n) is 6.25. The monoisotopic (exact) mass is 290 g/mol. The molecule has 1 fully saturated rings. The average Bonchev–Trinajstić information content (AvgIpc) is 2.94. The Hall–Kier alpha value is -1.62. The predicted molar refractivity (Wildman–Crippen MR) is 85.7 cm³/mol. The minimum absolute atomic E-state index is 0.0317. The van der Waals surface area contributed by atoms with Gasteiger partial charge in [-0.2, -0.15) is 0 Å². The van der Waals surface area contributed by atoms with E-state index in [1.54, 1.807) is 6.20 Å². The Kier molecular flexibility index (Phi) is 5.17. The van der Waals surface area contributed by atoms with Crippen molar-refractivity contribution in [1.82, 2.24) is 15.2 Å². The summed E-state index contributed by atoms with van der Waals surface area (Å²) in [4.78, 5) is 20.8. The Morgan fingerprint density at radius 2 is 2.24 bits per heavy atom. The van der Waals surface area contributed by atoms with Crippen molar-refractivity contribution in [3.8, 4) is 0 Å². The van der Waals surface area contributed by atoms with Crippen LogP contribution in [0.5, 0.6) is 0 Å². The first-order valence-corrected chi connectivity index (χ1v) is 7.63.